The van der Waals surface area contributed by atoms with Gasteiger partial charge in [0, 0.05) is 25.0 Å². The van der Waals surface area contributed by atoms with E-state index in [1.54, 1.807) is 18.2 Å². The van der Waals surface area contributed by atoms with Crippen molar-refractivity contribution in [1.29, 1.82) is 5.26 Å². The molecule has 0 aromatic heterocycles. The quantitative estimate of drug-likeness (QED) is 0.924. The Hall–Kier alpha value is -1.86. The van der Waals surface area contributed by atoms with E-state index in [2.05, 4.69) is 30.1 Å². The zero-order valence-corrected chi connectivity index (χ0v) is 12.8. The molecule has 0 spiro atoms. The largest absolute Gasteiger partial charge is 0.325 e. The van der Waals surface area contributed by atoms with Crippen LogP contribution in [0.4, 0.5) is 5.69 Å². The zero-order chi connectivity index (χ0) is 15.2. The molecular weight excluding hydrogens is 262 g/mol. The van der Waals surface area contributed by atoms with Crippen LogP contribution in [0, 0.1) is 11.3 Å². The highest BCUT2D eigenvalue weighted by molar-refractivity contribution is 5.92. The second-order valence-electron chi connectivity index (χ2n) is 5.82. The maximum atomic E-state index is 12.1. The summed E-state index contributed by atoms with van der Waals surface area (Å²) in [5, 5.41) is 11.9. The van der Waals surface area contributed by atoms with E-state index in [4.69, 9.17) is 5.26 Å². The average Bonchev–Trinajstić information content (AvgIpc) is 2.47. The van der Waals surface area contributed by atoms with Gasteiger partial charge in [0.05, 0.1) is 11.3 Å². The number of hydrogen-bond acceptors (Lipinski definition) is 3. The summed E-state index contributed by atoms with van der Waals surface area (Å²) in [6, 6.07) is 10.3. The second-order valence-corrected chi connectivity index (χ2v) is 5.82. The highest BCUT2D eigenvalue weighted by Gasteiger charge is 2.24. The summed E-state index contributed by atoms with van der Waals surface area (Å²) in [7, 11) is 0. The van der Waals surface area contributed by atoms with Crippen LogP contribution < -0.4 is 5.32 Å². The van der Waals surface area contributed by atoms with Gasteiger partial charge in [0.1, 0.15) is 6.07 Å². The Kier molecular flexibility index (Phi) is 5.35. The molecule has 0 saturated carbocycles. The van der Waals surface area contributed by atoms with Gasteiger partial charge in [0.2, 0.25) is 5.91 Å². The second kappa shape index (κ2) is 7.24. The third kappa shape index (κ3) is 4.05. The number of nitrogens with one attached hydrogen (secondary N) is 1. The highest BCUT2D eigenvalue weighted by atomic mass is 16.1. The number of amides is 1. The summed E-state index contributed by atoms with van der Waals surface area (Å²) in [5.74, 6) is -0.0253. The molecule has 1 aromatic rings. The molecule has 2 unspecified atom stereocenters. The molecule has 2 rings (SSSR count). The molecule has 1 N–H and O–H groups in total. The fraction of sp³-hybridized carbons (Fsp3) is 0.529. The van der Waals surface area contributed by atoms with Gasteiger partial charge in [-0.05, 0) is 38.8 Å². The van der Waals surface area contributed by atoms with Gasteiger partial charge < -0.3 is 5.32 Å². The standard InChI is InChI=1S/C17H23N3O/c1-13-6-5-7-14(2)20(13)11-10-17(21)19-16-9-4-3-8-15(16)12-18/h3-4,8-9,13-14H,5-7,10-11H2,1-2H3,(H,19,21). The number of anilines is 1. The molecule has 1 aromatic carbocycles. The number of carbonyl (C=O) groups is 1. The van der Waals surface area contributed by atoms with Crippen molar-refractivity contribution in [3.63, 3.8) is 0 Å². The lowest BCUT2D eigenvalue weighted by Gasteiger charge is -2.38. The predicted octanol–water partition coefficient (Wildman–Crippen LogP) is 3.15. The lowest BCUT2D eigenvalue weighted by molar-refractivity contribution is -0.116. The van der Waals surface area contributed by atoms with E-state index in [0.29, 0.717) is 29.8 Å². The van der Waals surface area contributed by atoms with E-state index in [-0.39, 0.29) is 5.91 Å². The summed E-state index contributed by atoms with van der Waals surface area (Å²) in [4.78, 5) is 14.5. The normalized spacial score (nSPS) is 22.5. The van der Waals surface area contributed by atoms with Crippen molar-refractivity contribution in [2.24, 2.45) is 0 Å². The third-order valence-electron chi connectivity index (χ3n) is 4.29. The number of benzene rings is 1. The molecule has 0 aliphatic carbocycles. The number of hydrogen-bond donors (Lipinski definition) is 1. The number of rotatable bonds is 4. The molecule has 21 heavy (non-hydrogen) atoms. The van der Waals surface area contributed by atoms with Crippen LogP contribution in [0.5, 0.6) is 0 Å². The van der Waals surface area contributed by atoms with Crippen molar-refractivity contribution in [3.8, 4) is 6.07 Å². The Morgan fingerprint density at radius 3 is 2.67 bits per heavy atom. The van der Waals surface area contributed by atoms with Gasteiger partial charge in [-0.2, -0.15) is 5.26 Å². The number of piperidine rings is 1. The first-order chi connectivity index (χ1) is 10.1. The minimum atomic E-state index is -0.0253. The Morgan fingerprint density at radius 2 is 2.00 bits per heavy atom. The molecular formula is C17H23N3O. The zero-order valence-electron chi connectivity index (χ0n) is 12.8. The van der Waals surface area contributed by atoms with Gasteiger partial charge in [0.15, 0.2) is 0 Å². The first-order valence-corrected chi connectivity index (χ1v) is 7.66. The monoisotopic (exact) mass is 285 g/mol. The molecule has 112 valence electrons. The molecule has 1 amide bonds. The molecule has 1 fully saturated rings. The van der Waals surface area contributed by atoms with E-state index in [9.17, 15) is 4.79 Å². The third-order valence-corrected chi connectivity index (χ3v) is 4.29. The molecule has 0 radical (unpaired) electrons. The Labute approximate surface area is 126 Å². The molecule has 1 heterocycles. The van der Waals surface area contributed by atoms with Crippen LogP contribution in [0.15, 0.2) is 24.3 Å². The Morgan fingerprint density at radius 1 is 1.33 bits per heavy atom. The minimum Gasteiger partial charge on any atom is -0.325 e. The summed E-state index contributed by atoms with van der Waals surface area (Å²) in [6.07, 6.45) is 4.17. The number of carbonyl (C=O) groups excluding carboxylic acids is 1. The fourth-order valence-electron chi connectivity index (χ4n) is 3.05. The van der Waals surface area contributed by atoms with Gasteiger partial charge in [-0.3, -0.25) is 9.69 Å². The minimum absolute atomic E-state index is 0.0253. The van der Waals surface area contributed by atoms with Crippen molar-refractivity contribution < 1.29 is 4.79 Å². The Balaban J connectivity index is 1.89. The molecule has 4 heteroatoms. The van der Waals surface area contributed by atoms with Crippen LogP contribution in [0.1, 0.15) is 45.1 Å². The predicted molar refractivity (Wildman–Crippen MR) is 83.9 cm³/mol. The van der Waals surface area contributed by atoms with Crippen LogP contribution in [0.3, 0.4) is 0 Å². The van der Waals surface area contributed by atoms with Crippen LogP contribution in [-0.2, 0) is 4.79 Å². The van der Waals surface area contributed by atoms with E-state index in [1.165, 1.54) is 19.3 Å². The van der Waals surface area contributed by atoms with Gasteiger partial charge in [0.25, 0.3) is 0 Å². The maximum Gasteiger partial charge on any atom is 0.225 e. The molecule has 1 aliphatic rings. The van der Waals surface area contributed by atoms with Crippen molar-refractivity contribution in [1.82, 2.24) is 4.90 Å². The number of likely N-dealkylation sites (tertiary alicyclic amines) is 1. The summed E-state index contributed by atoms with van der Waals surface area (Å²) < 4.78 is 0. The summed E-state index contributed by atoms with van der Waals surface area (Å²) in [6.45, 7) is 5.25. The van der Waals surface area contributed by atoms with Crippen LogP contribution in [0.25, 0.3) is 0 Å². The molecule has 2 atom stereocenters. The first kappa shape index (κ1) is 15.5. The van der Waals surface area contributed by atoms with Crippen LogP contribution in [0.2, 0.25) is 0 Å². The van der Waals surface area contributed by atoms with Gasteiger partial charge in [-0.1, -0.05) is 18.6 Å². The van der Waals surface area contributed by atoms with E-state index in [0.717, 1.165) is 6.54 Å². The van der Waals surface area contributed by atoms with Gasteiger partial charge >= 0.3 is 0 Å². The lowest BCUT2D eigenvalue weighted by atomic mass is 9.97. The van der Waals surface area contributed by atoms with Gasteiger partial charge in [-0.15, -0.1) is 0 Å². The number of para-hydroxylation sites is 1. The van der Waals surface area contributed by atoms with E-state index >= 15 is 0 Å². The van der Waals surface area contributed by atoms with Crippen LogP contribution in [-0.4, -0.2) is 29.4 Å². The first-order valence-electron chi connectivity index (χ1n) is 7.66. The summed E-state index contributed by atoms with van der Waals surface area (Å²) >= 11 is 0. The van der Waals surface area contributed by atoms with Crippen molar-refractivity contribution >= 4 is 11.6 Å². The molecule has 1 saturated heterocycles. The molecule has 1 aliphatic heterocycles. The number of nitriles is 1. The summed E-state index contributed by atoms with van der Waals surface area (Å²) in [5.41, 5.74) is 1.11. The van der Waals surface area contributed by atoms with Crippen LogP contribution >= 0.6 is 0 Å². The topological polar surface area (TPSA) is 56.1 Å². The molecule has 4 nitrogen and oxygen atoms in total. The van der Waals surface area contributed by atoms with Crippen molar-refractivity contribution in [2.75, 3.05) is 11.9 Å². The highest BCUT2D eigenvalue weighted by Crippen LogP contribution is 2.22. The average molecular weight is 285 g/mol. The number of nitrogens with zero attached hydrogens (tertiary/aromatic N) is 2. The smallest absolute Gasteiger partial charge is 0.225 e. The lowest BCUT2D eigenvalue weighted by Crippen LogP contribution is -2.44. The van der Waals surface area contributed by atoms with E-state index < -0.39 is 0 Å². The van der Waals surface area contributed by atoms with Gasteiger partial charge in [-0.25, -0.2) is 0 Å². The SMILES string of the molecule is CC1CCCC(C)N1CCC(=O)Nc1ccccc1C#N. The van der Waals surface area contributed by atoms with E-state index in [1.807, 2.05) is 6.07 Å². The molecule has 0 bridgehead atoms. The Bertz CT molecular complexity index is 525. The van der Waals surface area contributed by atoms with Crippen molar-refractivity contribution in [2.45, 2.75) is 51.6 Å². The maximum absolute atomic E-state index is 12.1. The fourth-order valence-corrected chi connectivity index (χ4v) is 3.05. The van der Waals surface area contributed by atoms with Crippen molar-refractivity contribution in [3.05, 3.63) is 29.8 Å².